The second kappa shape index (κ2) is 5.13. The molecule has 0 bridgehead atoms. The van der Waals surface area contributed by atoms with Crippen LogP contribution in [0.15, 0.2) is 24.7 Å². The molecule has 0 unspecified atom stereocenters. The van der Waals surface area contributed by atoms with Crippen molar-refractivity contribution in [3.05, 3.63) is 30.2 Å². The number of amides is 1. The molecule has 0 spiro atoms. The highest BCUT2D eigenvalue weighted by Gasteiger charge is 2.08. The number of carbonyl (C=O) groups excluding carboxylic acids is 1. The van der Waals surface area contributed by atoms with Gasteiger partial charge in [-0.1, -0.05) is 0 Å². The average molecular weight is 249 g/mol. The van der Waals surface area contributed by atoms with E-state index in [2.05, 4.69) is 20.6 Å². The van der Waals surface area contributed by atoms with E-state index in [1.54, 1.807) is 12.4 Å². The summed E-state index contributed by atoms with van der Waals surface area (Å²) in [5, 5.41) is 21.2. The van der Waals surface area contributed by atoms with Gasteiger partial charge in [0, 0.05) is 24.9 Å². The molecule has 8 heteroatoms. The molecular formula is C10H11N5O3. The van der Waals surface area contributed by atoms with E-state index in [4.69, 9.17) is 5.11 Å². The molecule has 0 aliphatic heterocycles. The predicted octanol–water partition coefficient (Wildman–Crippen LogP) is 0.704. The van der Waals surface area contributed by atoms with Gasteiger partial charge in [0.1, 0.15) is 0 Å². The molecule has 3 N–H and O–H groups in total. The zero-order chi connectivity index (χ0) is 13.0. The lowest BCUT2D eigenvalue weighted by atomic mass is 10.2. The van der Waals surface area contributed by atoms with Crippen LogP contribution in [0, 0.1) is 0 Å². The summed E-state index contributed by atoms with van der Waals surface area (Å²) >= 11 is 0. The van der Waals surface area contributed by atoms with Crippen LogP contribution in [0.25, 0.3) is 0 Å². The summed E-state index contributed by atoms with van der Waals surface area (Å²) in [6.45, 7) is 0. The number of nitrogens with one attached hydrogen (secondary N) is 2. The number of anilines is 1. The lowest BCUT2D eigenvalue weighted by Crippen LogP contribution is -2.14. The van der Waals surface area contributed by atoms with Crippen LogP contribution >= 0.6 is 0 Å². The van der Waals surface area contributed by atoms with Crippen LogP contribution in [-0.2, 0) is 11.2 Å². The van der Waals surface area contributed by atoms with Crippen LogP contribution in [0.2, 0.25) is 0 Å². The minimum atomic E-state index is -1.20. The molecule has 0 aliphatic carbocycles. The van der Waals surface area contributed by atoms with Gasteiger partial charge in [-0.2, -0.15) is 9.78 Å². The van der Waals surface area contributed by atoms with Gasteiger partial charge in [0.05, 0.1) is 6.20 Å². The van der Waals surface area contributed by atoms with Crippen LogP contribution in [0.3, 0.4) is 0 Å². The number of aromatic amines is 1. The normalized spacial score (nSPS) is 10.2. The second-order valence-corrected chi connectivity index (χ2v) is 3.58. The molecule has 2 aromatic heterocycles. The number of aryl methyl sites for hydroxylation is 1. The molecule has 8 nitrogen and oxygen atoms in total. The SMILES string of the molecule is O=C(CCc1cn[nH]c1)Nc1ccn(C(=O)O)n1. The van der Waals surface area contributed by atoms with E-state index in [-0.39, 0.29) is 18.1 Å². The van der Waals surface area contributed by atoms with Crippen molar-refractivity contribution in [2.45, 2.75) is 12.8 Å². The highest BCUT2D eigenvalue weighted by Crippen LogP contribution is 2.05. The Kier molecular flexibility index (Phi) is 3.37. The van der Waals surface area contributed by atoms with Crippen LogP contribution in [0.1, 0.15) is 12.0 Å². The van der Waals surface area contributed by atoms with Gasteiger partial charge in [0.15, 0.2) is 5.82 Å². The number of nitrogens with zero attached hydrogens (tertiary/aromatic N) is 3. The Labute approximate surface area is 102 Å². The van der Waals surface area contributed by atoms with Gasteiger partial charge in [0.2, 0.25) is 5.91 Å². The number of rotatable bonds is 4. The molecule has 18 heavy (non-hydrogen) atoms. The topological polar surface area (TPSA) is 113 Å². The smallest absolute Gasteiger partial charge is 0.432 e. The number of hydrogen-bond donors (Lipinski definition) is 3. The standard InChI is InChI=1S/C10H11N5O3/c16-9(2-1-7-5-11-12-6-7)13-8-3-4-15(14-8)10(17)18/h3-6H,1-2H2,(H,11,12)(H,17,18)(H,13,14,16). The van der Waals surface area contributed by atoms with Crippen molar-refractivity contribution in [1.82, 2.24) is 20.0 Å². The first-order chi connectivity index (χ1) is 8.65. The monoisotopic (exact) mass is 249 g/mol. The predicted molar refractivity (Wildman–Crippen MR) is 61.2 cm³/mol. The van der Waals surface area contributed by atoms with Crippen molar-refractivity contribution in [1.29, 1.82) is 0 Å². The third-order valence-electron chi connectivity index (χ3n) is 2.25. The largest absolute Gasteiger partial charge is 0.463 e. The van der Waals surface area contributed by atoms with Gasteiger partial charge in [-0.15, -0.1) is 5.10 Å². The Morgan fingerprint density at radius 1 is 1.50 bits per heavy atom. The van der Waals surface area contributed by atoms with Gasteiger partial charge in [-0.3, -0.25) is 9.89 Å². The summed E-state index contributed by atoms with van der Waals surface area (Å²) in [6, 6.07) is 1.42. The Bertz CT molecular complexity index is 546. The molecule has 2 rings (SSSR count). The highest BCUT2D eigenvalue weighted by atomic mass is 16.4. The summed E-state index contributed by atoms with van der Waals surface area (Å²) < 4.78 is 0.728. The number of H-pyrrole nitrogens is 1. The molecular weight excluding hydrogens is 238 g/mol. The van der Waals surface area contributed by atoms with E-state index in [9.17, 15) is 9.59 Å². The Balaban J connectivity index is 1.85. The Morgan fingerprint density at radius 3 is 2.94 bits per heavy atom. The van der Waals surface area contributed by atoms with Gasteiger partial charge in [0.25, 0.3) is 0 Å². The van der Waals surface area contributed by atoms with Crippen molar-refractivity contribution in [3.8, 4) is 0 Å². The van der Waals surface area contributed by atoms with Gasteiger partial charge >= 0.3 is 6.09 Å². The van der Waals surface area contributed by atoms with E-state index >= 15 is 0 Å². The van der Waals surface area contributed by atoms with Crippen molar-refractivity contribution >= 4 is 17.8 Å². The van der Waals surface area contributed by atoms with Crippen LogP contribution < -0.4 is 5.32 Å². The highest BCUT2D eigenvalue weighted by molar-refractivity contribution is 5.90. The fraction of sp³-hybridized carbons (Fsp3) is 0.200. The maximum atomic E-state index is 11.5. The fourth-order valence-electron chi connectivity index (χ4n) is 1.37. The van der Waals surface area contributed by atoms with Crippen LogP contribution in [0.5, 0.6) is 0 Å². The number of carboxylic acid groups (broad SMARTS) is 1. The molecule has 2 aromatic rings. The molecule has 0 fully saturated rings. The molecule has 0 saturated heterocycles. The summed E-state index contributed by atoms with van der Waals surface area (Å²) in [5.74, 6) is -0.0126. The van der Waals surface area contributed by atoms with Crippen LogP contribution in [0.4, 0.5) is 10.6 Å². The maximum absolute atomic E-state index is 11.5. The van der Waals surface area contributed by atoms with E-state index in [0.717, 1.165) is 10.2 Å². The molecule has 0 atom stereocenters. The number of carbonyl (C=O) groups is 2. The molecule has 0 aromatic carbocycles. The van der Waals surface area contributed by atoms with Gasteiger partial charge in [-0.25, -0.2) is 4.79 Å². The minimum Gasteiger partial charge on any atom is -0.463 e. The quantitative estimate of drug-likeness (QED) is 0.738. The second-order valence-electron chi connectivity index (χ2n) is 3.58. The summed E-state index contributed by atoms with van der Waals surface area (Å²) in [5.41, 5.74) is 0.932. The maximum Gasteiger partial charge on any atom is 0.432 e. The first-order valence-corrected chi connectivity index (χ1v) is 5.21. The van der Waals surface area contributed by atoms with Crippen molar-refractivity contribution in [3.63, 3.8) is 0 Å². The third kappa shape index (κ3) is 2.94. The molecule has 1 amide bonds. The zero-order valence-electron chi connectivity index (χ0n) is 9.33. The number of hydrogen-bond acceptors (Lipinski definition) is 4. The van der Waals surface area contributed by atoms with Gasteiger partial charge < -0.3 is 10.4 Å². The molecule has 0 saturated carbocycles. The minimum absolute atomic E-state index is 0.217. The Hall–Kier alpha value is -2.64. The summed E-state index contributed by atoms with van der Waals surface area (Å²) in [6.07, 6.45) is 4.25. The van der Waals surface area contributed by atoms with E-state index in [0.29, 0.717) is 6.42 Å². The molecule has 0 radical (unpaired) electrons. The van der Waals surface area contributed by atoms with E-state index in [1.807, 2.05) is 0 Å². The molecule has 94 valence electrons. The lowest BCUT2D eigenvalue weighted by molar-refractivity contribution is -0.116. The van der Waals surface area contributed by atoms with Crippen molar-refractivity contribution < 1.29 is 14.7 Å². The van der Waals surface area contributed by atoms with Crippen molar-refractivity contribution in [2.24, 2.45) is 0 Å². The summed E-state index contributed by atoms with van der Waals surface area (Å²) in [7, 11) is 0. The third-order valence-corrected chi connectivity index (χ3v) is 2.25. The van der Waals surface area contributed by atoms with E-state index < -0.39 is 6.09 Å². The molecule has 0 aliphatic rings. The Morgan fingerprint density at radius 2 is 2.33 bits per heavy atom. The fourth-order valence-corrected chi connectivity index (χ4v) is 1.37. The first kappa shape index (κ1) is 11.8. The summed E-state index contributed by atoms with van der Waals surface area (Å²) in [4.78, 5) is 22.1. The van der Waals surface area contributed by atoms with Crippen molar-refractivity contribution in [2.75, 3.05) is 5.32 Å². The zero-order valence-corrected chi connectivity index (χ0v) is 9.33. The first-order valence-electron chi connectivity index (χ1n) is 5.21. The molecule has 2 heterocycles. The van der Waals surface area contributed by atoms with E-state index in [1.165, 1.54) is 12.3 Å². The van der Waals surface area contributed by atoms with Crippen LogP contribution in [-0.4, -0.2) is 37.1 Å². The average Bonchev–Trinajstić information content (AvgIpc) is 2.96. The van der Waals surface area contributed by atoms with Gasteiger partial charge in [-0.05, 0) is 12.0 Å². The number of aromatic nitrogens is 4. The lowest BCUT2D eigenvalue weighted by Gasteiger charge is -2.00.